The number of amides is 2. The van der Waals surface area contributed by atoms with Gasteiger partial charge in [0, 0.05) is 12.1 Å². The van der Waals surface area contributed by atoms with Crippen molar-refractivity contribution in [1.29, 1.82) is 0 Å². The van der Waals surface area contributed by atoms with E-state index in [1.165, 1.54) is 12.1 Å². The second-order valence-corrected chi connectivity index (χ2v) is 7.73. The van der Waals surface area contributed by atoms with Gasteiger partial charge in [-0.25, -0.2) is 0 Å². The van der Waals surface area contributed by atoms with Crippen LogP contribution in [0.3, 0.4) is 0 Å². The lowest BCUT2D eigenvalue weighted by atomic mass is 10.0. The topological polar surface area (TPSA) is 91.8 Å². The first-order valence-corrected chi connectivity index (χ1v) is 9.49. The van der Waals surface area contributed by atoms with E-state index in [9.17, 15) is 9.59 Å². The molecule has 1 aromatic carbocycles. The fourth-order valence-electron chi connectivity index (χ4n) is 2.44. The van der Waals surface area contributed by atoms with E-state index < -0.39 is 11.9 Å². The third kappa shape index (κ3) is 5.79. The summed E-state index contributed by atoms with van der Waals surface area (Å²) in [5.41, 5.74) is 0.261. The van der Waals surface area contributed by atoms with Crippen LogP contribution in [0, 0.1) is 10.7 Å². The zero-order valence-corrected chi connectivity index (χ0v) is 17.5. The van der Waals surface area contributed by atoms with E-state index in [1.54, 1.807) is 17.7 Å². The number of nitrogens with one attached hydrogen (secondary N) is 3. The molecule has 0 aliphatic heterocycles. The molecule has 2 aromatic rings. The zero-order valence-electron chi connectivity index (χ0n) is 15.2. The quantitative estimate of drug-likeness (QED) is 0.588. The van der Waals surface area contributed by atoms with Crippen LogP contribution in [0.15, 0.2) is 18.2 Å². The van der Waals surface area contributed by atoms with Gasteiger partial charge in [0.25, 0.3) is 5.91 Å². The number of nitrogens with zero attached hydrogens (tertiary/aromatic N) is 2. The van der Waals surface area contributed by atoms with Gasteiger partial charge in [-0.15, -0.1) is 0 Å². The number of hydrogen-bond acceptors (Lipinski definition) is 4. The van der Waals surface area contributed by atoms with Crippen molar-refractivity contribution >= 4 is 47.2 Å². The van der Waals surface area contributed by atoms with Gasteiger partial charge in [0.05, 0.1) is 17.1 Å². The SMILES string of the molecule is CC(C)CC(NC(=O)c1ccc(Cl)cc1Cl)C(=O)NCc1n[nH]c(=S)n1C. The van der Waals surface area contributed by atoms with Crippen molar-refractivity contribution in [2.75, 3.05) is 0 Å². The summed E-state index contributed by atoms with van der Waals surface area (Å²) >= 11 is 17.0. The summed E-state index contributed by atoms with van der Waals surface area (Å²) in [4.78, 5) is 25.2. The Morgan fingerprint density at radius 2 is 2.04 bits per heavy atom. The van der Waals surface area contributed by atoms with Crippen LogP contribution in [0.4, 0.5) is 0 Å². The highest BCUT2D eigenvalue weighted by atomic mass is 35.5. The molecule has 27 heavy (non-hydrogen) atoms. The number of carbonyl (C=O) groups excluding carboxylic acids is 2. The summed E-state index contributed by atoms with van der Waals surface area (Å²) in [5.74, 6) is 0.0397. The van der Waals surface area contributed by atoms with Crippen LogP contribution in [0.25, 0.3) is 0 Å². The van der Waals surface area contributed by atoms with Gasteiger partial charge in [0.15, 0.2) is 10.6 Å². The average Bonchev–Trinajstić information content (AvgIpc) is 2.90. The lowest BCUT2D eigenvalue weighted by Gasteiger charge is -2.20. The second kappa shape index (κ2) is 9.34. The van der Waals surface area contributed by atoms with Crippen LogP contribution in [0.2, 0.25) is 10.0 Å². The van der Waals surface area contributed by atoms with Crippen LogP contribution in [0.1, 0.15) is 36.5 Å². The molecule has 0 fully saturated rings. The molecule has 146 valence electrons. The number of carbonyl (C=O) groups is 2. The Labute approximate surface area is 172 Å². The van der Waals surface area contributed by atoms with Crippen molar-refractivity contribution in [1.82, 2.24) is 25.4 Å². The molecular formula is C17H21Cl2N5O2S. The number of rotatable bonds is 7. The highest BCUT2D eigenvalue weighted by Crippen LogP contribution is 2.21. The second-order valence-electron chi connectivity index (χ2n) is 6.50. The van der Waals surface area contributed by atoms with E-state index >= 15 is 0 Å². The third-order valence-corrected chi connectivity index (χ3v) is 4.81. The maximum atomic E-state index is 12.6. The van der Waals surface area contributed by atoms with E-state index in [0.29, 0.717) is 22.0 Å². The molecular weight excluding hydrogens is 409 g/mol. The highest BCUT2D eigenvalue weighted by Gasteiger charge is 2.23. The van der Waals surface area contributed by atoms with Crippen molar-refractivity contribution in [3.63, 3.8) is 0 Å². The van der Waals surface area contributed by atoms with Crippen molar-refractivity contribution in [2.45, 2.75) is 32.9 Å². The van der Waals surface area contributed by atoms with Gasteiger partial charge in [-0.3, -0.25) is 14.7 Å². The summed E-state index contributed by atoms with van der Waals surface area (Å²) in [5, 5.41) is 12.9. The minimum atomic E-state index is -0.712. The maximum Gasteiger partial charge on any atom is 0.253 e. The number of hydrogen-bond donors (Lipinski definition) is 3. The fraction of sp³-hybridized carbons (Fsp3) is 0.412. The Morgan fingerprint density at radius 1 is 1.33 bits per heavy atom. The smallest absolute Gasteiger partial charge is 0.253 e. The van der Waals surface area contributed by atoms with Crippen molar-refractivity contribution in [2.24, 2.45) is 13.0 Å². The molecule has 0 spiro atoms. The highest BCUT2D eigenvalue weighted by molar-refractivity contribution is 7.71. The van der Waals surface area contributed by atoms with Gasteiger partial charge < -0.3 is 15.2 Å². The number of benzene rings is 1. The summed E-state index contributed by atoms with van der Waals surface area (Å²) < 4.78 is 2.13. The van der Waals surface area contributed by atoms with Gasteiger partial charge in [-0.1, -0.05) is 37.0 Å². The molecule has 0 aliphatic rings. The van der Waals surface area contributed by atoms with Gasteiger partial charge in [-0.05, 0) is 42.8 Å². The molecule has 1 atom stereocenters. The van der Waals surface area contributed by atoms with Crippen LogP contribution in [0.5, 0.6) is 0 Å². The molecule has 0 saturated heterocycles. The molecule has 2 amide bonds. The predicted molar refractivity (Wildman–Crippen MR) is 107 cm³/mol. The molecule has 1 heterocycles. The first-order valence-electron chi connectivity index (χ1n) is 8.33. The van der Waals surface area contributed by atoms with Crippen LogP contribution in [-0.4, -0.2) is 32.6 Å². The number of aromatic nitrogens is 3. The largest absolute Gasteiger partial charge is 0.347 e. The molecule has 7 nitrogen and oxygen atoms in total. The van der Waals surface area contributed by atoms with E-state index in [0.717, 1.165) is 0 Å². The molecule has 3 N–H and O–H groups in total. The van der Waals surface area contributed by atoms with Crippen LogP contribution < -0.4 is 10.6 Å². The Kier molecular flexibility index (Phi) is 7.41. The summed E-state index contributed by atoms with van der Waals surface area (Å²) in [6, 6.07) is 3.87. The molecule has 1 aromatic heterocycles. The normalized spacial score (nSPS) is 12.1. The summed E-state index contributed by atoms with van der Waals surface area (Å²) in [7, 11) is 1.75. The first kappa shape index (κ1) is 21.4. The molecule has 0 aliphatic carbocycles. The lowest BCUT2D eigenvalue weighted by Crippen LogP contribution is -2.47. The van der Waals surface area contributed by atoms with Crippen LogP contribution in [-0.2, 0) is 18.4 Å². The Bertz CT molecular complexity index is 894. The van der Waals surface area contributed by atoms with Gasteiger partial charge in [-0.2, -0.15) is 5.10 Å². The van der Waals surface area contributed by atoms with E-state index in [1.807, 2.05) is 13.8 Å². The summed E-state index contributed by atoms with van der Waals surface area (Å²) in [6.07, 6.45) is 0.474. The molecule has 1 unspecified atom stereocenters. The van der Waals surface area contributed by atoms with Gasteiger partial charge in [0.1, 0.15) is 6.04 Å². The van der Waals surface area contributed by atoms with Crippen molar-refractivity contribution in [3.05, 3.63) is 44.4 Å². The van der Waals surface area contributed by atoms with E-state index in [-0.39, 0.29) is 29.0 Å². The Hall–Kier alpha value is -1.90. The summed E-state index contributed by atoms with van der Waals surface area (Å²) in [6.45, 7) is 4.13. The lowest BCUT2D eigenvalue weighted by molar-refractivity contribution is -0.123. The minimum absolute atomic E-state index is 0.189. The van der Waals surface area contributed by atoms with Crippen LogP contribution >= 0.6 is 35.4 Å². The van der Waals surface area contributed by atoms with E-state index in [2.05, 4.69) is 20.8 Å². The Balaban J connectivity index is 2.09. The fourth-order valence-corrected chi connectivity index (χ4v) is 3.08. The number of H-pyrrole nitrogens is 1. The monoisotopic (exact) mass is 429 g/mol. The molecule has 0 radical (unpaired) electrons. The molecule has 10 heteroatoms. The molecule has 2 rings (SSSR count). The first-order chi connectivity index (χ1) is 12.7. The molecule has 0 saturated carbocycles. The van der Waals surface area contributed by atoms with Crippen molar-refractivity contribution < 1.29 is 9.59 Å². The Morgan fingerprint density at radius 3 is 2.59 bits per heavy atom. The zero-order chi connectivity index (χ0) is 20.1. The number of halogens is 2. The van der Waals surface area contributed by atoms with Gasteiger partial charge in [0.2, 0.25) is 5.91 Å². The average molecular weight is 430 g/mol. The minimum Gasteiger partial charge on any atom is -0.347 e. The predicted octanol–water partition coefficient (Wildman–Crippen LogP) is 3.25. The van der Waals surface area contributed by atoms with Crippen molar-refractivity contribution in [3.8, 4) is 0 Å². The standard InChI is InChI=1S/C17H21Cl2N5O2S/c1-9(2)6-13(16(26)20-8-14-22-23-17(27)24(14)3)21-15(25)11-5-4-10(18)7-12(11)19/h4-5,7,9,13H,6,8H2,1-3H3,(H,20,26)(H,21,25)(H,23,27). The van der Waals surface area contributed by atoms with Gasteiger partial charge >= 0.3 is 0 Å². The maximum absolute atomic E-state index is 12.6. The molecule has 0 bridgehead atoms. The third-order valence-electron chi connectivity index (χ3n) is 3.90. The van der Waals surface area contributed by atoms with E-state index in [4.69, 9.17) is 35.4 Å². The number of aromatic amines is 1.